The summed E-state index contributed by atoms with van der Waals surface area (Å²) >= 11 is 0. The molecule has 332 valence electrons. The SMILES string of the molecule is CC/C=C\C/C=C\C/C=C\C/C=C\C/C=C\C/C=C\CCCCC(=O)NC(COC1OC(CO)C(O)C(O)C1O)C(O)/C=C/CCCCCCCCCCCCCC. The number of nitrogens with one attached hydrogen (secondary N) is 1. The van der Waals surface area contributed by atoms with E-state index in [2.05, 4.69) is 92.1 Å². The van der Waals surface area contributed by atoms with Gasteiger partial charge in [-0.1, -0.05) is 170 Å². The molecule has 9 nitrogen and oxygen atoms in total. The number of unbranched alkanes of at least 4 members (excludes halogenated alkanes) is 14. The molecule has 1 saturated heterocycles. The minimum atomic E-state index is -1.58. The van der Waals surface area contributed by atoms with Gasteiger partial charge in [-0.3, -0.25) is 4.79 Å². The summed E-state index contributed by atoms with van der Waals surface area (Å²) in [5, 5.41) is 54.1. The molecule has 0 aliphatic carbocycles. The summed E-state index contributed by atoms with van der Waals surface area (Å²) < 4.78 is 11.2. The van der Waals surface area contributed by atoms with Crippen LogP contribution in [0.3, 0.4) is 0 Å². The van der Waals surface area contributed by atoms with E-state index in [9.17, 15) is 30.3 Å². The van der Waals surface area contributed by atoms with Gasteiger partial charge in [-0.15, -0.1) is 0 Å². The van der Waals surface area contributed by atoms with Crippen molar-refractivity contribution in [2.45, 2.75) is 204 Å². The molecule has 0 aromatic carbocycles. The quantitative estimate of drug-likeness (QED) is 0.0271. The molecule has 1 aliphatic heterocycles. The first kappa shape index (κ1) is 53.4. The monoisotopic (exact) mass is 814 g/mol. The summed E-state index contributed by atoms with van der Waals surface area (Å²) in [6.07, 6.45) is 46.2. The Labute approximate surface area is 352 Å². The molecule has 1 fully saturated rings. The largest absolute Gasteiger partial charge is 0.394 e. The smallest absolute Gasteiger partial charge is 0.220 e. The first-order valence-electron chi connectivity index (χ1n) is 22.8. The van der Waals surface area contributed by atoms with Gasteiger partial charge < -0.3 is 40.3 Å². The van der Waals surface area contributed by atoms with Gasteiger partial charge in [0.25, 0.3) is 0 Å². The van der Waals surface area contributed by atoms with E-state index in [-0.39, 0.29) is 18.9 Å². The Bertz CT molecular complexity index is 1180. The summed E-state index contributed by atoms with van der Waals surface area (Å²) in [7, 11) is 0. The highest BCUT2D eigenvalue weighted by Crippen LogP contribution is 2.22. The van der Waals surface area contributed by atoms with Crippen molar-refractivity contribution in [3.05, 3.63) is 85.1 Å². The number of allylic oxidation sites excluding steroid dienone is 13. The second kappa shape index (κ2) is 38.6. The van der Waals surface area contributed by atoms with Gasteiger partial charge in [0.15, 0.2) is 6.29 Å². The number of rotatable bonds is 36. The molecule has 0 aromatic heterocycles. The van der Waals surface area contributed by atoms with Gasteiger partial charge in [-0.05, 0) is 70.6 Å². The van der Waals surface area contributed by atoms with E-state index in [1.165, 1.54) is 64.2 Å². The molecule has 1 amide bonds. The highest BCUT2D eigenvalue weighted by atomic mass is 16.7. The molecule has 0 radical (unpaired) electrons. The molecule has 1 rings (SSSR count). The summed E-state index contributed by atoms with van der Waals surface area (Å²) in [6.45, 7) is 3.61. The van der Waals surface area contributed by atoms with Crippen molar-refractivity contribution in [1.82, 2.24) is 5.32 Å². The Balaban J connectivity index is 2.41. The van der Waals surface area contributed by atoms with Crippen LogP contribution in [0.5, 0.6) is 0 Å². The van der Waals surface area contributed by atoms with E-state index < -0.39 is 49.5 Å². The number of hydrogen-bond acceptors (Lipinski definition) is 8. The highest BCUT2D eigenvalue weighted by Gasteiger charge is 2.44. The molecule has 7 atom stereocenters. The Kier molecular flexibility index (Phi) is 35.5. The minimum absolute atomic E-state index is 0.211. The van der Waals surface area contributed by atoms with E-state index in [1.54, 1.807) is 6.08 Å². The first-order chi connectivity index (χ1) is 28.3. The first-order valence-corrected chi connectivity index (χ1v) is 22.8. The van der Waals surface area contributed by atoms with Crippen LogP contribution in [-0.4, -0.2) is 87.5 Å². The minimum Gasteiger partial charge on any atom is -0.394 e. The van der Waals surface area contributed by atoms with Crippen LogP contribution in [0.15, 0.2) is 85.1 Å². The number of hydrogen-bond donors (Lipinski definition) is 6. The fourth-order valence-corrected chi connectivity index (χ4v) is 6.57. The molecule has 1 heterocycles. The zero-order chi connectivity index (χ0) is 42.3. The van der Waals surface area contributed by atoms with Crippen molar-refractivity contribution in [3.63, 3.8) is 0 Å². The molecule has 6 N–H and O–H groups in total. The lowest BCUT2D eigenvalue weighted by Crippen LogP contribution is -2.60. The lowest BCUT2D eigenvalue weighted by molar-refractivity contribution is -0.302. The molecule has 7 unspecified atom stereocenters. The fourth-order valence-electron chi connectivity index (χ4n) is 6.57. The number of aliphatic hydroxyl groups is 5. The molecule has 0 spiro atoms. The topological polar surface area (TPSA) is 149 Å². The number of aliphatic hydroxyl groups excluding tert-OH is 5. The van der Waals surface area contributed by atoms with Crippen molar-refractivity contribution in [2.75, 3.05) is 13.2 Å². The Hall–Kier alpha value is -2.63. The van der Waals surface area contributed by atoms with E-state index in [4.69, 9.17) is 9.47 Å². The van der Waals surface area contributed by atoms with E-state index in [0.717, 1.165) is 70.6 Å². The standard InChI is InChI=1S/C49H83NO8/c1-3-5-7-9-11-13-15-17-19-20-21-22-23-24-25-27-29-31-33-35-37-39-45(53)50-42(41-57-49-48(56)47(55)46(54)44(40-51)58-49)43(52)38-36-34-32-30-28-26-18-16-14-12-10-8-6-4-2/h5,7,11,13,17,19,21-22,24-25,29,31,36,38,42-44,46-49,51-52,54-56H,3-4,6,8-10,12,14-16,18,20,23,26-28,30,32-35,37,39-41H2,1-2H3,(H,50,53)/b7-5-,13-11-,19-17-,22-21-,25-24-,31-29-,38-36+. The van der Waals surface area contributed by atoms with Crippen molar-refractivity contribution in [3.8, 4) is 0 Å². The van der Waals surface area contributed by atoms with Crippen LogP contribution >= 0.6 is 0 Å². The van der Waals surface area contributed by atoms with Crippen LogP contribution in [0.4, 0.5) is 0 Å². The third-order valence-electron chi connectivity index (χ3n) is 10.2. The van der Waals surface area contributed by atoms with Crippen LogP contribution in [0.1, 0.15) is 162 Å². The maximum absolute atomic E-state index is 12.9. The lowest BCUT2D eigenvalue weighted by Gasteiger charge is -2.40. The maximum Gasteiger partial charge on any atom is 0.220 e. The summed E-state index contributed by atoms with van der Waals surface area (Å²) in [4.78, 5) is 12.9. The normalized spacial score (nSPS) is 21.7. The van der Waals surface area contributed by atoms with Gasteiger partial charge in [0.1, 0.15) is 24.4 Å². The summed E-state index contributed by atoms with van der Waals surface area (Å²) in [5.41, 5.74) is 0. The molecule has 1 aliphatic rings. The number of carbonyl (C=O) groups excluding carboxylic acids is 1. The van der Waals surface area contributed by atoms with Crippen LogP contribution in [0.25, 0.3) is 0 Å². The predicted molar refractivity (Wildman–Crippen MR) is 239 cm³/mol. The number of ether oxygens (including phenoxy) is 2. The second-order valence-corrected chi connectivity index (χ2v) is 15.5. The Morgan fingerprint density at radius 2 is 1.07 bits per heavy atom. The number of carbonyl (C=O) groups is 1. The van der Waals surface area contributed by atoms with Gasteiger partial charge in [0.05, 0.1) is 25.4 Å². The Morgan fingerprint density at radius 1 is 0.603 bits per heavy atom. The van der Waals surface area contributed by atoms with Gasteiger partial charge in [-0.2, -0.15) is 0 Å². The van der Waals surface area contributed by atoms with Gasteiger partial charge >= 0.3 is 0 Å². The average molecular weight is 814 g/mol. The van der Waals surface area contributed by atoms with Crippen LogP contribution in [-0.2, 0) is 14.3 Å². The van der Waals surface area contributed by atoms with Crippen molar-refractivity contribution in [2.24, 2.45) is 0 Å². The van der Waals surface area contributed by atoms with Crippen LogP contribution < -0.4 is 5.32 Å². The van der Waals surface area contributed by atoms with Crippen molar-refractivity contribution >= 4 is 5.91 Å². The summed E-state index contributed by atoms with van der Waals surface area (Å²) in [5.74, 6) is -0.224. The van der Waals surface area contributed by atoms with Gasteiger partial charge in [0.2, 0.25) is 5.91 Å². The van der Waals surface area contributed by atoms with E-state index in [0.29, 0.717) is 6.42 Å². The molecular weight excluding hydrogens is 731 g/mol. The summed E-state index contributed by atoms with van der Waals surface area (Å²) in [6, 6.07) is -0.832. The molecule has 0 aromatic rings. The maximum atomic E-state index is 12.9. The van der Waals surface area contributed by atoms with Crippen LogP contribution in [0, 0.1) is 0 Å². The lowest BCUT2D eigenvalue weighted by atomic mass is 9.99. The van der Waals surface area contributed by atoms with Crippen molar-refractivity contribution in [1.29, 1.82) is 0 Å². The number of amides is 1. The molecule has 58 heavy (non-hydrogen) atoms. The molecule has 0 saturated carbocycles. The third kappa shape index (κ3) is 28.7. The third-order valence-corrected chi connectivity index (χ3v) is 10.2. The van der Waals surface area contributed by atoms with E-state index >= 15 is 0 Å². The van der Waals surface area contributed by atoms with Crippen molar-refractivity contribution < 1.29 is 39.8 Å². The van der Waals surface area contributed by atoms with E-state index in [1.807, 2.05) is 6.08 Å². The molecular formula is C49H83NO8. The Morgan fingerprint density at radius 3 is 1.59 bits per heavy atom. The molecule has 9 heteroatoms. The zero-order valence-electron chi connectivity index (χ0n) is 36.3. The van der Waals surface area contributed by atoms with Gasteiger partial charge in [0, 0.05) is 6.42 Å². The molecule has 0 bridgehead atoms. The zero-order valence-corrected chi connectivity index (χ0v) is 36.3. The highest BCUT2D eigenvalue weighted by molar-refractivity contribution is 5.76. The second-order valence-electron chi connectivity index (χ2n) is 15.5. The average Bonchev–Trinajstić information content (AvgIpc) is 3.22. The fraction of sp³-hybridized carbons (Fsp3) is 0.694. The van der Waals surface area contributed by atoms with Gasteiger partial charge in [-0.25, -0.2) is 0 Å². The predicted octanol–water partition coefficient (Wildman–Crippen LogP) is 9.55. The van der Waals surface area contributed by atoms with Crippen LogP contribution in [0.2, 0.25) is 0 Å².